The highest BCUT2D eigenvalue weighted by Crippen LogP contribution is 2.33. The van der Waals surface area contributed by atoms with Gasteiger partial charge in [0.1, 0.15) is 18.3 Å². The molecule has 0 spiro atoms. The van der Waals surface area contributed by atoms with Crippen LogP contribution < -0.4 is 16.7 Å². The zero-order valence-electron chi connectivity index (χ0n) is 15.0. The number of hydrazone groups is 1. The van der Waals surface area contributed by atoms with E-state index in [2.05, 4.69) is 25.5 Å². The number of H-pyrrole nitrogens is 1. The van der Waals surface area contributed by atoms with Crippen molar-refractivity contribution in [3.05, 3.63) is 46.2 Å². The molecule has 3 aromatic rings. The Morgan fingerprint density at radius 2 is 2.03 bits per heavy atom. The molecule has 1 aliphatic rings. The molecule has 3 heterocycles. The molecule has 2 aromatic heterocycles. The lowest BCUT2D eigenvalue weighted by Gasteiger charge is -2.18. The van der Waals surface area contributed by atoms with E-state index in [1.165, 1.54) is 10.8 Å². The molecule has 4 atom stereocenters. The van der Waals surface area contributed by atoms with Crippen molar-refractivity contribution >= 4 is 29.3 Å². The molecule has 0 amide bonds. The maximum atomic E-state index is 12.2. The Hall–Kier alpha value is -3.32. The second-order valence-corrected chi connectivity index (χ2v) is 6.44. The largest absolute Gasteiger partial charge is 0.394 e. The Morgan fingerprint density at radius 1 is 1.28 bits per heavy atom. The number of aromatic amines is 1. The third-order valence-corrected chi connectivity index (χ3v) is 4.52. The molecular formula is C17H19N7O5. The number of fused-ring (bicyclic) bond motifs is 1. The van der Waals surface area contributed by atoms with Crippen LogP contribution in [-0.4, -0.2) is 66.0 Å². The monoisotopic (exact) mass is 401 g/mol. The number of nitrogens with one attached hydrogen (secondary N) is 2. The first-order chi connectivity index (χ1) is 14.0. The van der Waals surface area contributed by atoms with Crippen LogP contribution in [0.5, 0.6) is 0 Å². The summed E-state index contributed by atoms with van der Waals surface area (Å²) in [4.78, 5) is 22.8. The maximum absolute atomic E-state index is 12.2. The average molecular weight is 401 g/mol. The number of benzene rings is 1. The van der Waals surface area contributed by atoms with E-state index in [-0.39, 0.29) is 23.1 Å². The van der Waals surface area contributed by atoms with E-state index in [4.69, 9.17) is 10.5 Å². The van der Waals surface area contributed by atoms with E-state index in [1.54, 1.807) is 0 Å². The topological polar surface area (TPSA) is 184 Å². The van der Waals surface area contributed by atoms with E-state index >= 15 is 0 Å². The average Bonchev–Trinajstić information content (AvgIpc) is 3.20. The van der Waals surface area contributed by atoms with Crippen LogP contribution in [0.4, 0.5) is 11.9 Å². The van der Waals surface area contributed by atoms with Crippen LogP contribution in [0.15, 0.2) is 40.2 Å². The molecule has 0 aliphatic carbocycles. The van der Waals surface area contributed by atoms with Gasteiger partial charge in [-0.2, -0.15) is 10.1 Å². The van der Waals surface area contributed by atoms with Crippen LogP contribution in [0.1, 0.15) is 11.8 Å². The predicted molar refractivity (Wildman–Crippen MR) is 103 cm³/mol. The van der Waals surface area contributed by atoms with E-state index < -0.39 is 36.7 Å². The Labute approximate surface area is 163 Å². The molecule has 4 rings (SSSR count). The molecule has 0 saturated carbocycles. The van der Waals surface area contributed by atoms with Crippen molar-refractivity contribution in [2.45, 2.75) is 24.5 Å². The maximum Gasteiger partial charge on any atom is 0.280 e. The summed E-state index contributed by atoms with van der Waals surface area (Å²) in [5.41, 5.74) is 8.53. The minimum atomic E-state index is -1.41. The van der Waals surface area contributed by atoms with Gasteiger partial charge in [-0.05, 0) is 5.56 Å². The van der Waals surface area contributed by atoms with E-state index in [1.807, 2.05) is 30.3 Å². The SMILES string of the molecule is Nc1nc2c(nc(N/N=C\c3ccccc3)n2[C@@H]2O[C@H](CO)[C@H](O)[C@@H]2O)c(=O)[nH]1. The summed E-state index contributed by atoms with van der Waals surface area (Å²) in [6, 6.07) is 9.25. The van der Waals surface area contributed by atoms with Crippen molar-refractivity contribution in [2.75, 3.05) is 17.8 Å². The number of aromatic nitrogens is 4. The normalized spacial score (nSPS) is 24.5. The number of aliphatic hydroxyl groups excluding tert-OH is 3. The molecule has 0 unspecified atom stereocenters. The summed E-state index contributed by atoms with van der Waals surface area (Å²) in [6.45, 7) is -0.508. The van der Waals surface area contributed by atoms with Gasteiger partial charge in [-0.15, -0.1) is 0 Å². The second kappa shape index (κ2) is 7.60. The minimum Gasteiger partial charge on any atom is -0.394 e. The van der Waals surface area contributed by atoms with Gasteiger partial charge in [-0.25, -0.2) is 10.4 Å². The van der Waals surface area contributed by atoms with Crippen LogP contribution in [0.3, 0.4) is 0 Å². The first kappa shape index (κ1) is 19.0. The first-order valence-electron chi connectivity index (χ1n) is 8.74. The third-order valence-electron chi connectivity index (χ3n) is 4.52. The highest BCUT2D eigenvalue weighted by molar-refractivity contribution is 5.80. The zero-order chi connectivity index (χ0) is 20.5. The quantitative estimate of drug-likeness (QED) is 0.225. The number of anilines is 2. The Bertz CT molecular complexity index is 1100. The van der Waals surface area contributed by atoms with Gasteiger partial charge in [0.2, 0.25) is 11.9 Å². The second-order valence-electron chi connectivity index (χ2n) is 6.44. The van der Waals surface area contributed by atoms with Gasteiger partial charge in [0, 0.05) is 0 Å². The number of hydrogen-bond donors (Lipinski definition) is 6. The number of hydrogen-bond acceptors (Lipinski definition) is 10. The Kier molecular flexibility index (Phi) is 4.98. The molecule has 0 radical (unpaired) electrons. The first-order valence-corrected chi connectivity index (χ1v) is 8.74. The number of nitrogens with two attached hydrogens (primary N) is 1. The van der Waals surface area contributed by atoms with Gasteiger partial charge in [-0.3, -0.25) is 14.3 Å². The number of nitrogen functional groups attached to an aromatic ring is 1. The molecule has 29 heavy (non-hydrogen) atoms. The summed E-state index contributed by atoms with van der Waals surface area (Å²) in [6.07, 6.45) is -3.43. The molecule has 1 saturated heterocycles. The van der Waals surface area contributed by atoms with Crippen LogP contribution in [0.2, 0.25) is 0 Å². The predicted octanol–water partition coefficient (Wildman–Crippen LogP) is -1.24. The van der Waals surface area contributed by atoms with Crippen molar-refractivity contribution in [3.8, 4) is 0 Å². The van der Waals surface area contributed by atoms with Gasteiger partial charge < -0.3 is 25.8 Å². The summed E-state index contributed by atoms with van der Waals surface area (Å²) in [5, 5.41) is 34.0. The van der Waals surface area contributed by atoms with E-state index in [0.717, 1.165) is 5.56 Å². The standard InChI is InChI=1S/C17H19N7O5/c18-16-21-13-10(14(28)22-16)20-17(23-19-6-8-4-2-1-3-5-8)24(13)15-12(27)11(26)9(7-25)29-15/h1-6,9,11-12,15,25-27H,7H2,(H,20,23)(H3,18,21,22,28)/b19-6-/t9-,11+,12+,15-/m1/s1. The van der Waals surface area contributed by atoms with Crippen LogP contribution in [0, 0.1) is 0 Å². The highest BCUT2D eigenvalue weighted by Gasteiger charge is 2.45. The fourth-order valence-corrected chi connectivity index (χ4v) is 3.12. The fourth-order valence-electron chi connectivity index (χ4n) is 3.12. The lowest BCUT2D eigenvalue weighted by atomic mass is 10.1. The molecule has 7 N–H and O–H groups in total. The number of rotatable bonds is 5. The van der Waals surface area contributed by atoms with Crippen LogP contribution in [-0.2, 0) is 4.74 Å². The van der Waals surface area contributed by atoms with Gasteiger partial charge >= 0.3 is 0 Å². The molecule has 1 fully saturated rings. The zero-order valence-corrected chi connectivity index (χ0v) is 15.0. The third kappa shape index (κ3) is 3.45. The highest BCUT2D eigenvalue weighted by atomic mass is 16.6. The van der Waals surface area contributed by atoms with Crippen molar-refractivity contribution in [3.63, 3.8) is 0 Å². The lowest BCUT2D eigenvalue weighted by molar-refractivity contribution is -0.0501. The molecule has 12 heteroatoms. The van der Waals surface area contributed by atoms with Gasteiger partial charge in [-0.1, -0.05) is 30.3 Å². The van der Waals surface area contributed by atoms with E-state index in [9.17, 15) is 20.1 Å². The Morgan fingerprint density at radius 3 is 2.72 bits per heavy atom. The van der Waals surface area contributed by atoms with Crippen molar-refractivity contribution in [2.24, 2.45) is 5.10 Å². The number of ether oxygens (including phenoxy) is 1. The summed E-state index contributed by atoms with van der Waals surface area (Å²) >= 11 is 0. The van der Waals surface area contributed by atoms with Gasteiger partial charge in [0.05, 0.1) is 12.8 Å². The summed E-state index contributed by atoms with van der Waals surface area (Å²) < 4.78 is 6.83. The minimum absolute atomic E-state index is 0.0264. The van der Waals surface area contributed by atoms with E-state index in [0.29, 0.717) is 0 Å². The molecule has 1 aliphatic heterocycles. The van der Waals surface area contributed by atoms with Gasteiger partial charge in [0.25, 0.3) is 5.56 Å². The molecule has 12 nitrogen and oxygen atoms in total. The lowest BCUT2D eigenvalue weighted by Crippen LogP contribution is -2.33. The van der Waals surface area contributed by atoms with Crippen molar-refractivity contribution < 1.29 is 20.1 Å². The fraction of sp³-hybridized carbons (Fsp3) is 0.294. The number of aliphatic hydroxyl groups is 3. The van der Waals surface area contributed by atoms with Gasteiger partial charge in [0.15, 0.2) is 17.4 Å². The molecule has 152 valence electrons. The van der Waals surface area contributed by atoms with Crippen LogP contribution in [0.25, 0.3) is 11.2 Å². The van der Waals surface area contributed by atoms with Crippen molar-refractivity contribution in [1.82, 2.24) is 19.5 Å². The summed E-state index contributed by atoms with van der Waals surface area (Å²) in [5.74, 6) is -0.125. The smallest absolute Gasteiger partial charge is 0.280 e. The number of imidazole rings is 1. The molecule has 1 aromatic carbocycles. The number of nitrogens with zero attached hydrogens (tertiary/aromatic N) is 4. The van der Waals surface area contributed by atoms with Crippen molar-refractivity contribution in [1.29, 1.82) is 0 Å². The summed E-state index contributed by atoms with van der Waals surface area (Å²) in [7, 11) is 0. The molecular weight excluding hydrogens is 382 g/mol. The van der Waals surface area contributed by atoms with Crippen LogP contribution >= 0.6 is 0 Å². The Balaban J connectivity index is 1.77. The molecule has 0 bridgehead atoms.